The molecule has 0 radical (unpaired) electrons. The smallest absolute Gasteiger partial charge is 0.253 e. The number of hydrogen-bond acceptors (Lipinski definition) is 5. The number of carbonyl (C=O) groups is 1. The minimum atomic E-state index is -0.00589. The molecular formula is C19H21N5OS. The monoisotopic (exact) mass is 367 g/mol. The molecule has 1 aromatic heterocycles. The van der Waals surface area contributed by atoms with Crippen LogP contribution in [0.4, 0.5) is 0 Å². The van der Waals surface area contributed by atoms with Crippen LogP contribution in [0, 0.1) is 6.92 Å². The average Bonchev–Trinajstić information content (AvgIpc) is 3.01. The first-order chi connectivity index (χ1) is 12.5. The third-order valence-electron chi connectivity index (χ3n) is 3.95. The maximum absolute atomic E-state index is 11.9. The highest BCUT2D eigenvalue weighted by Gasteiger charge is 2.13. The van der Waals surface area contributed by atoms with Gasteiger partial charge in [0.2, 0.25) is 5.16 Å². The number of rotatable bonds is 5. The molecule has 0 atom stereocenters. The largest absolute Gasteiger partial charge is 0.345 e. The summed E-state index contributed by atoms with van der Waals surface area (Å²) >= 11 is 1.51. The van der Waals surface area contributed by atoms with E-state index in [2.05, 4.69) is 10.2 Å². The van der Waals surface area contributed by atoms with E-state index in [1.807, 2.05) is 55.5 Å². The number of nitrogens with two attached hydrogens (primary N) is 1. The van der Waals surface area contributed by atoms with E-state index in [0.29, 0.717) is 22.3 Å². The SMILES string of the molecule is Cc1ccc(-c2nnc(SCc3ccc(C(=O)N(C)C)cc3)n2N)cc1. The van der Waals surface area contributed by atoms with E-state index in [4.69, 9.17) is 5.84 Å². The number of nitrogens with zero attached hydrogens (tertiary/aromatic N) is 4. The van der Waals surface area contributed by atoms with Crippen molar-refractivity contribution in [2.45, 2.75) is 17.8 Å². The molecule has 3 rings (SSSR count). The van der Waals surface area contributed by atoms with Crippen molar-refractivity contribution in [1.82, 2.24) is 19.8 Å². The third kappa shape index (κ3) is 3.88. The van der Waals surface area contributed by atoms with E-state index in [9.17, 15) is 4.79 Å². The first-order valence-electron chi connectivity index (χ1n) is 8.16. The predicted octanol–water partition coefficient (Wildman–Crippen LogP) is 2.96. The molecule has 1 heterocycles. The number of thioether (sulfide) groups is 1. The van der Waals surface area contributed by atoms with Gasteiger partial charge in [-0.3, -0.25) is 4.79 Å². The number of carbonyl (C=O) groups excluding carboxylic acids is 1. The molecule has 0 aliphatic heterocycles. The van der Waals surface area contributed by atoms with Crippen molar-refractivity contribution in [3.63, 3.8) is 0 Å². The summed E-state index contributed by atoms with van der Waals surface area (Å²) in [4.78, 5) is 13.5. The Morgan fingerprint density at radius 1 is 1.08 bits per heavy atom. The highest BCUT2D eigenvalue weighted by molar-refractivity contribution is 7.98. The second-order valence-corrected chi connectivity index (χ2v) is 7.17. The number of aryl methyl sites for hydroxylation is 1. The molecule has 6 nitrogen and oxygen atoms in total. The molecule has 26 heavy (non-hydrogen) atoms. The lowest BCUT2D eigenvalue weighted by molar-refractivity contribution is 0.0827. The van der Waals surface area contributed by atoms with Crippen LogP contribution < -0.4 is 5.84 Å². The van der Waals surface area contributed by atoms with Crippen molar-refractivity contribution < 1.29 is 4.79 Å². The molecule has 0 unspecified atom stereocenters. The van der Waals surface area contributed by atoms with Gasteiger partial charge in [0.1, 0.15) is 0 Å². The first kappa shape index (κ1) is 18.0. The number of nitrogen functional groups attached to an aromatic ring is 1. The van der Waals surface area contributed by atoms with Crippen molar-refractivity contribution in [2.24, 2.45) is 0 Å². The van der Waals surface area contributed by atoms with Gasteiger partial charge in [-0.2, -0.15) is 0 Å². The van der Waals surface area contributed by atoms with Gasteiger partial charge in [-0.1, -0.05) is 53.7 Å². The van der Waals surface area contributed by atoms with Gasteiger partial charge < -0.3 is 10.7 Å². The highest BCUT2D eigenvalue weighted by atomic mass is 32.2. The number of hydrogen-bond donors (Lipinski definition) is 1. The zero-order valence-corrected chi connectivity index (χ0v) is 15.8. The molecule has 3 aromatic rings. The predicted molar refractivity (Wildman–Crippen MR) is 104 cm³/mol. The lowest BCUT2D eigenvalue weighted by Gasteiger charge is -2.10. The van der Waals surface area contributed by atoms with Gasteiger partial charge in [0.25, 0.3) is 5.91 Å². The lowest BCUT2D eigenvalue weighted by atomic mass is 10.1. The Kier molecular flexibility index (Phi) is 5.27. The minimum Gasteiger partial charge on any atom is -0.345 e. The Morgan fingerprint density at radius 2 is 1.73 bits per heavy atom. The summed E-state index contributed by atoms with van der Waals surface area (Å²) in [5, 5.41) is 9.04. The van der Waals surface area contributed by atoms with Crippen LogP contribution in [-0.4, -0.2) is 39.8 Å². The van der Waals surface area contributed by atoms with Crippen LogP contribution in [0.5, 0.6) is 0 Å². The van der Waals surface area contributed by atoms with Crippen molar-refractivity contribution in [2.75, 3.05) is 19.9 Å². The van der Waals surface area contributed by atoms with Gasteiger partial charge >= 0.3 is 0 Å². The Labute approximate surface area is 157 Å². The Balaban J connectivity index is 1.69. The summed E-state index contributed by atoms with van der Waals surface area (Å²) in [7, 11) is 3.48. The Bertz CT molecular complexity index is 901. The molecule has 0 bridgehead atoms. The topological polar surface area (TPSA) is 77.0 Å². The van der Waals surface area contributed by atoms with Crippen molar-refractivity contribution in [1.29, 1.82) is 0 Å². The van der Waals surface area contributed by atoms with Crippen LogP contribution in [0.25, 0.3) is 11.4 Å². The maximum Gasteiger partial charge on any atom is 0.253 e. The van der Waals surface area contributed by atoms with Crippen molar-refractivity contribution in [3.05, 3.63) is 65.2 Å². The molecule has 1 amide bonds. The zero-order valence-electron chi connectivity index (χ0n) is 15.0. The normalized spacial score (nSPS) is 10.7. The van der Waals surface area contributed by atoms with Gasteiger partial charge in [0, 0.05) is 31.0 Å². The molecule has 2 N–H and O–H groups in total. The number of amides is 1. The number of benzene rings is 2. The third-order valence-corrected chi connectivity index (χ3v) is 4.96. The van der Waals surface area contributed by atoms with Crippen LogP contribution >= 0.6 is 11.8 Å². The van der Waals surface area contributed by atoms with Crippen LogP contribution in [0.2, 0.25) is 0 Å². The average molecular weight is 367 g/mol. The first-order valence-corrected chi connectivity index (χ1v) is 9.15. The van der Waals surface area contributed by atoms with E-state index in [1.165, 1.54) is 22.0 Å². The second kappa shape index (κ2) is 7.61. The van der Waals surface area contributed by atoms with Crippen molar-refractivity contribution >= 4 is 17.7 Å². The summed E-state index contributed by atoms with van der Waals surface area (Å²) in [6.07, 6.45) is 0. The lowest BCUT2D eigenvalue weighted by Crippen LogP contribution is -2.21. The van der Waals surface area contributed by atoms with Crippen LogP contribution in [0.3, 0.4) is 0 Å². The van der Waals surface area contributed by atoms with Gasteiger partial charge in [0.05, 0.1) is 0 Å². The summed E-state index contributed by atoms with van der Waals surface area (Å²) in [5.74, 6) is 7.48. The highest BCUT2D eigenvalue weighted by Crippen LogP contribution is 2.24. The second-order valence-electron chi connectivity index (χ2n) is 6.23. The molecule has 134 valence electrons. The van der Waals surface area contributed by atoms with Crippen molar-refractivity contribution in [3.8, 4) is 11.4 Å². The summed E-state index contributed by atoms with van der Waals surface area (Å²) in [6, 6.07) is 15.6. The quantitative estimate of drug-likeness (QED) is 0.554. The van der Waals surface area contributed by atoms with E-state index in [-0.39, 0.29) is 5.91 Å². The summed E-state index contributed by atoms with van der Waals surface area (Å²) in [5.41, 5.74) is 3.88. The molecule has 0 aliphatic rings. The van der Waals surface area contributed by atoms with Crippen LogP contribution in [0.1, 0.15) is 21.5 Å². The van der Waals surface area contributed by atoms with Gasteiger partial charge in [-0.15, -0.1) is 10.2 Å². The number of aromatic nitrogens is 3. The van der Waals surface area contributed by atoms with Crippen LogP contribution in [-0.2, 0) is 5.75 Å². The van der Waals surface area contributed by atoms with Gasteiger partial charge in [0.15, 0.2) is 5.82 Å². The van der Waals surface area contributed by atoms with Gasteiger partial charge in [-0.25, -0.2) is 4.68 Å². The van der Waals surface area contributed by atoms with E-state index < -0.39 is 0 Å². The van der Waals surface area contributed by atoms with E-state index >= 15 is 0 Å². The fourth-order valence-electron chi connectivity index (χ4n) is 2.42. The molecule has 7 heteroatoms. The molecule has 2 aromatic carbocycles. The van der Waals surface area contributed by atoms with E-state index in [0.717, 1.165) is 11.1 Å². The summed E-state index contributed by atoms with van der Waals surface area (Å²) < 4.78 is 1.51. The molecule has 0 aliphatic carbocycles. The Morgan fingerprint density at radius 3 is 2.35 bits per heavy atom. The fourth-order valence-corrected chi connectivity index (χ4v) is 3.24. The summed E-state index contributed by atoms with van der Waals surface area (Å²) in [6.45, 7) is 2.04. The molecule has 0 saturated carbocycles. The molecular weight excluding hydrogens is 346 g/mol. The standard InChI is InChI=1S/C19H21N5OS/c1-13-4-8-15(9-5-13)17-21-22-19(24(17)20)26-12-14-6-10-16(11-7-14)18(25)23(2)3/h4-11H,12,20H2,1-3H3. The Hall–Kier alpha value is -2.80. The molecule has 0 saturated heterocycles. The fraction of sp³-hybridized carbons (Fsp3) is 0.211. The molecule has 0 spiro atoms. The maximum atomic E-state index is 11.9. The minimum absolute atomic E-state index is 0.00589. The van der Waals surface area contributed by atoms with E-state index in [1.54, 1.807) is 19.0 Å². The van der Waals surface area contributed by atoms with Crippen LogP contribution in [0.15, 0.2) is 53.7 Å². The molecule has 0 fully saturated rings. The zero-order chi connectivity index (χ0) is 18.7. The van der Waals surface area contributed by atoms with Gasteiger partial charge in [-0.05, 0) is 24.6 Å².